The van der Waals surface area contributed by atoms with Crippen LogP contribution in [-0.2, 0) is 6.42 Å². The first-order valence-electron chi connectivity index (χ1n) is 10.4. The summed E-state index contributed by atoms with van der Waals surface area (Å²) in [6.07, 6.45) is 0.734. The third-order valence-electron chi connectivity index (χ3n) is 6.25. The second kappa shape index (κ2) is 8.89. The van der Waals surface area contributed by atoms with Gasteiger partial charge in [0, 0.05) is 11.1 Å². The molecule has 3 nitrogen and oxygen atoms in total. The maximum Gasteiger partial charge on any atom is 0.165 e. The van der Waals surface area contributed by atoms with Crippen molar-refractivity contribution in [3.05, 3.63) is 41.0 Å². The lowest BCUT2D eigenvalue weighted by Crippen LogP contribution is -2.05. The summed E-state index contributed by atoms with van der Waals surface area (Å²) >= 11 is 0. The molecule has 0 spiro atoms. The molecule has 28 heavy (non-hydrogen) atoms. The number of methoxy groups -OCH3 is 1. The second-order valence-corrected chi connectivity index (χ2v) is 8.61. The van der Waals surface area contributed by atoms with E-state index in [9.17, 15) is 10.2 Å². The van der Waals surface area contributed by atoms with Gasteiger partial charge < -0.3 is 14.9 Å². The van der Waals surface area contributed by atoms with Crippen LogP contribution >= 0.6 is 0 Å². The topological polar surface area (TPSA) is 49.7 Å². The Balaban J connectivity index is 2.78. The van der Waals surface area contributed by atoms with Gasteiger partial charge in [0.2, 0.25) is 0 Å². The predicted octanol–water partition coefficient (Wildman–Crippen LogP) is 6.85. The van der Waals surface area contributed by atoms with Gasteiger partial charge in [-0.1, -0.05) is 54.5 Å². The highest BCUT2D eigenvalue weighted by molar-refractivity contribution is 5.80. The van der Waals surface area contributed by atoms with Gasteiger partial charge in [0.1, 0.15) is 5.75 Å². The molecule has 2 atom stereocenters. The van der Waals surface area contributed by atoms with Crippen molar-refractivity contribution in [2.45, 2.75) is 66.7 Å². The molecule has 0 saturated carbocycles. The van der Waals surface area contributed by atoms with Crippen molar-refractivity contribution in [1.29, 1.82) is 0 Å². The van der Waals surface area contributed by atoms with E-state index in [4.69, 9.17) is 4.74 Å². The van der Waals surface area contributed by atoms with E-state index < -0.39 is 0 Å². The first-order valence-corrected chi connectivity index (χ1v) is 10.4. The number of benzene rings is 2. The van der Waals surface area contributed by atoms with E-state index >= 15 is 0 Å². The number of phenolic OH excluding ortho intramolecular Hbond substituents is 2. The molecular weight excluding hydrogens is 348 g/mol. The molecule has 2 N–H and O–H groups in total. The van der Waals surface area contributed by atoms with Crippen molar-refractivity contribution in [2.75, 3.05) is 7.11 Å². The van der Waals surface area contributed by atoms with Crippen LogP contribution < -0.4 is 4.74 Å². The molecule has 0 amide bonds. The second-order valence-electron chi connectivity index (χ2n) is 8.61. The molecule has 154 valence electrons. The van der Waals surface area contributed by atoms with E-state index in [2.05, 4.69) is 47.6 Å². The number of aryl methyl sites for hydroxylation is 1. The minimum atomic E-state index is 0.0777. The molecule has 0 aliphatic heterocycles. The molecule has 0 aliphatic rings. The third-order valence-corrected chi connectivity index (χ3v) is 6.25. The Morgan fingerprint density at radius 1 is 0.750 bits per heavy atom. The molecule has 0 saturated heterocycles. The number of ether oxygens (including phenoxy) is 1. The zero-order chi connectivity index (χ0) is 21.2. The van der Waals surface area contributed by atoms with E-state index in [1.807, 2.05) is 25.1 Å². The Labute approximate surface area is 170 Å². The molecular formula is C25H36O3. The highest BCUT2D eigenvalue weighted by Gasteiger charge is 2.22. The lowest BCUT2D eigenvalue weighted by atomic mass is 9.84. The number of aromatic hydroxyl groups is 2. The van der Waals surface area contributed by atoms with Crippen molar-refractivity contribution in [1.82, 2.24) is 0 Å². The molecule has 0 bridgehead atoms. The summed E-state index contributed by atoms with van der Waals surface area (Å²) in [5.74, 6) is 2.36. The Bertz CT molecular complexity index is 752. The smallest absolute Gasteiger partial charge is 0.165 e. The maximum atomic E-state index is 11.0. The summed E-state index contributed by atoms with van der Waals surface area (Å²) in [4.78, 5) is 0. The van der Waals surface area contributed by atoms with Gasteiger partial charge in [0.25, 0.3) is 0 Å². The summed E-state index contributed by atoms with van der Waals surface area (Å²) in [7, 11) is 1.57. The van der Waals surface area contributed by atoms with Crippen LogP contribution in [0.3, 0.4) is 0 Å². The first kappa shape index (κ1) is 22.1. The molecule has 3 heteroatoms. The normalized spacial score (nSPS) is 13.8. The number of rotatable bonds is 7. The Morgan fingerprint density at radius 2 is 1.21 bits per heavy atom. The highest BCUT2D eigenvalue weighted by atomic mass is 16.5. The van der Waals surface area contributed by atoms with E-state index in [0.29, 0.717) is 40.5 Å². The molecule has 2 unspecified atom stereocenters. The van der Waals surface area contributed by atoms with Gasteiger partial charge in [-0.2, -0.15) is 0 Å². The minimum Gasteiger partial charge on any atom is -0.507 e. The molecule has 0 fully saturated rings. The first-order chi connectivity index (χ1) is 13.1. The van der Waals surface area contributed by atoms with Crippen LogP contribution in [0.15, 0.2) is 24.3 Å². The van der Waals surface area contributed by atoms with Crippen LogP contribution in [0.25, 0.3) is 11.1 Å². The van der Waals surface area contributed by atoms with Gasteiger partial charge >= 0.3 is 0 Å². The van der Waals surface area contributed by atoms with Crippen LogP contribution in [-0.4, -0.2) is 17.3 Å². The molecule has 2 aromatic rings. The van der Waals surface area contributed by atoms with E-state index in [-0.39, 0.29) is 11.5 Å². The van der Waals surface area contributed by atoms with Crippen molar-refractivity contribution in [3.63, 3.8) is 0 Å². The van der Waals surface area contributed by atoms with E-state index in [0.717, 1.165) is 17.5 Å². The zero-order valence-corrected chi connectivity index (χ0v) is 18.6. The fourth-order valence-corrected chi connectivity index (χ4v) is 3.48. The van der Waals surface area contributed by atoms with Crippen molar-refractivity contribution in [3.8, 4) is 28.4 Å². The molecule has 2 rings (SSSR count). The Morgan fingerprint density at radius 3 is 1.64 bits per heavy atom. The van der Waals surface area contributed by atoms with Crippen molar-refractivity contribution >= 4 is 0 Å². The van der Waals surface area contributed by atoms with E-state index in [1.54, 1.807) is 7.11 Å². The van der Waals surface area contributed by atoms with Crippen molar-refractivity contribution in [2.24, 2.45) is 11.8 Å². The fraction of sp³-hybridized carbons (Fsp3) is 0.520. The molecule has 2 aromatic carbocycles. The zero-order valence-electron chi connectivity index (χ0n) is 18.6. The lowest BCUT2D eigenvalue weighted by Gasteiger charge is -2.22. The number of phenols is 2. The fourth-order valence-electron chi connectivity index (χ4n) is 3.48. The molecule has 0 aromatic heterocycles. The summed E-state index contributed by atoms with van der Waals surface area (Å²) < 4.78 is 5.46. The van der Waals surface area contributed by atoms with Crippen molar-refractivity contribution < 1.29 is 14.9 Å². The third kappa shape index (κ3) is 4.29. The molecule has 0 radical (unpaired) electrons. The highest BCUT2D eigenvalue weighted by Crippen LogP contribution is 2.46. The maximum absolute atomic E-state index is 11.0. The molecule has 0 aliphatic carbocycles. The van der Waals surface area contributed by atoms with Crippen LogP contribution in [0, 0.1) is 11.8 Å². The summed E-state index contributed by atoms with van der Waals surface area (Å²) in [6.45, 7) is 15.2. The van der Waals surface area contributed by atoms with Gasteiger partial charge in [0.05, 0.1) is 7.11 Å². The lowest BCUT2D eigenvalue weighted by molar-refractivity contribution is 0.372. The van der Waals surface area contributed by atoms with Gasteiger partial charge in [0.15, 0.2) is 11.5 Å². The monoisotopic (exact) mass is 384 g/mol. The van der Waals surface area contributed by atoms with Gasteiger partial charge in [-0.05, 0) is 65.0 Å². The van der Waals surface area contributed by atoms with Gasteiger partial charge in [-0.25, -0.2) is 0 Å². The van der Waals surface area contributed by atoms with Crippen LogP contribution in [0.4, 0.5) is 0 Å². The van der Waals surface area contributed by atoms with Crippen LogP contribution in [0.5, 0.6) is 17.2 Å². The Kier molecular flexibility index (Phi) is 7.03. The van der Waals surface area contributed by atoms with Crippen LogP contribution in [0.1, 0.15) is 77.0 Å². The predicted molar refractivity (Wildman–Crippen MR) is 118 cm³/mol. The largest absolute Gasteiger partial charge is 0.507 e. The molecule has 0 heterocycles. The van der Waals surface area contributed by atoms with Crippen LogP contribution in [0.2, 0.25) is 0 Å². The van der Waals surface area contributed by atoms with Gasteiger partial charge in [-0.3, -0.25) is 0 Å². The average molecular weight is 385 g/mol. The summed E-state index contributed by atoms with van der Waals surface area (Å²) in [5, 5.41) is 21.8. The standard InChI is InChI=1S/C25H36O3/c1-9-18-10-19(16(6)14(2)3)11-21(24(18)26)22-12-20(17(7)15(4)5)13-23(28-8)25(22)27/h10-17,26-27H,9H2,1-8H3. The van der Waals surface area contributed by atoms with Gasteiger partial charge in [-0.15, -0.1) is 0 Å². The Hall–Kier alpha value is -2.16. The number of hydrogen-bond donors (Lipinski definition) is 2. The summed E-state index contributed by atoms with van der Waals surface area (Å²) in [5.41, 5.74) is 4.49. The summed E-state index contributed by atoms with van der Waals surface area (Å²) in [6, 6.07) is 8.03. The average Bonchev–Trinajstić information content (AvgIpc) is 2.67. The SMILES string of the molecule is CCc1cc(C(C)C(C)C)cc(-c2cc(C(C)C(C)C)cc(OC)c2O)c1O. The van der Waals surface area contributed by atoms with E-state index in [1.165, 1.54) is 5.56 Å². The minimum absolute atomic E-state index is 0.0777. The number of hydrogen-bond acceptors (Lipinski definition) is 3. The quantitative estimate of drug-likeness (QED) is 0.548.